The number of aliphatic hydroxyl groups excluding tert-OH is 1. The molecule has 0 aromatic rings. The Labute approximate surface area is 175 Å². The molecule has 3 N–H and O–H groups in total. The summed E-state index contributed by atoms with van der Waals surface area (Å²) in [4.78, 5) is 42.5. The van der Waals surface area contributed by atoms with Crippen molar-refractivity contribution in [3.8, 4) is 0 Å². The van der Waals surface area contributed by atoms with E-state index in [1.54, 1.807) is 6.92 Å². The molecule has 0 aliphatic heterocycles. The Bertz CT molecular complexity index is 444. The molecule has 172 valence electrons. The molecule has 0 heterocycles. The molecule has 1 saturated carbocycles. The fourth-order valence-corrected chi connectivity index (χ4v) is 2.28. The van der Waals surface area contributed by atoms with Crippen molar-refractivity contribution in [2.75, 3.05) is 0 Å². The van der Waals surface area contributed by atoms with Gasteiger partial charge < -0.3 is 15.3 Å². The summed E-state index contributed by atoms with van der Waals surface area (Å²) in [5.74, 6) is -1.61. The van der Waals surface area contributed by atoms with Gasteiger partial charge in [-0.25, -0.2) is 0 Å². The molecule has 0 amide bonds. The van der Waals surface area contributed by atoms with Crippen molar-refractivity contribution in [1.82, 2.24) is 0 Å². The van der Waals surface area contributed by atoms with Crippen molar-refractivity contribution >= 4 is 23.5 Å². The van der Waals surface area contributed by atoms with Crippen molar-refractivity contribution < 1.29 is 34.5 Å². The average Bonchev–Trinajstić information content (AvgIpc) is 3.02. The highest BCUT2D eigenvalue weighted by molar-refractivity contribution is 5.85. The van der Waals surface area contributed by atoms with Crippen LogP contribution in [-0.4, -0.2) is 44.9 Å². The first kappa shape index (κ1) is 31.9. The number of aliphatic hydroxyl groups is 1. The molecule has 1 fully saturated rings. The van der Waals surface area contributed by atoms with Crippen LogP contribution in [0.15, 0.2) is 0 Å². The fraction of sp³-hybridized carbons (Fsp3) is 0.818. The van der Waals surface area contributed by atoms with E-state index in [-0.39, 0.29) is 36.7 Å². The Hall–Kier alpha value is -1.76. The van der Waals surface area contributed by atoms with E-state index in [1.165, 1.54) is 12.8 Å². The molecule has 0 radical (unpaired) electrons. The summed E-state index contributed by atoms with van der Waals surface area (Å²) in [6.07, 6.45) is 5.49. The van der Waals surface area contributed by atoms with Gasteiger partial charge in [0.25, 0.3) is 0 Å². The second kappa shape index (κ2) is 22.5. The third-order valence-corrected chi connectivity index (χ3v) is 4.12. The lowest BCUT2D eigenvalue weighted by molar-refractivity contribution is -0.138. The number of Topliss-reactive ketones (excluding diaryl/α,β-unsaturated/α-hetero) is 2. The Morgan fingerprint density at radius 2 is 1.38 bits per heavy atom. The first-order valence-corrected chi connectivity index (χ1v) is 10.8. The van der Waals surface area contributed by atoms with Gasteiger partial charge in [-0.1, -0.05) is 47.5 Å². The summed E-state index contributed by atoms with van der Waals surface area (Å²) < 4.78 is 0. The second-order valence-corrected chi connectivity index (χ2v) is 6.68. The molecule has 0 spiro atoms. The van der Waals surface area contributed by atoms with Crippen molar-refractivity contribution in [1.29, 1.82) is 0 Å². The molecule has 1 unspecified atom stereocenters. The monoisotopic (exact) mass is 418 g/mol. The van der Waals surface area contributed by atoms with Gasteiger partial charge in [0, 0.05) is 38.0 Å². The molecular weight excluding hydrogens is 376 g/mol. The molecule has 1 aliphatic rings. The van der Waals surface area contributed by atoms with E-state index in [1.807, 2.05) is 13.8 Å². The predicted molar refractivity (Wildman–Crippen MR) is 114 cm³/mol. The van der Waals surface area contributed by atoms with Gasteiger partial charge in [0.1, 0.15) is 11.6 Å². The number of unbranched alkanes of at least 4 members (excludes halogenated alkanes) is 2. The van der Waals surface area contributed by atoms with Crippen molar-refractivity contribution in [2.24, 2.45) is 5.92 Å². The van der Waals surface area contributed by atoms with Crippen molar-refractivity contribution in [3.63, 3.8) is 0 Å². The molecule has 0 aromatic carbocycles. The van der Waals surface area contributed by atoms with Crippen LogP contribution in [0.2, 0.25) is 0 Å². The number of carbonyl (C=O) groups is 4. The molecule has 2 atom stereocenters. The van der Waals surface area contributed by atoms with E-state index in [2.05, 4.69) is 13.8 Å². The molecule has 1 aliphatic carbocycles. The summed E-state index contributed by atoms with van der Waals surface area (Å²) in [5.41, 5.74) is 0. The summed E-state index contributed by atoms with van der Waals surface area (Å²) in [5, 5.41) is 25.5. The summed E-state index contributed by atoms with van der Waals surface area (Å²) in [6.45, 7) is 9.96. The molecule has 7 nitrogen and oxygen atoms in total. The van der Waals surface area contributed by atoms with Crippen LogP contribution in [0.3, 0.4) is 0 Å². The zero-order chi connectivity index (χ0) is 23.2. The highest BCUT2D eigenvalue weighted by atomic mass is 16.4. The van der Waals surface area contributed by atoms with E-state index >= 15 is 0 Å². The number of hydrogen-bond donors (Lipinski definition) is 3. The third kappa shape index (κ3) is 24.2. The van der Waals surface area contributed by atoms with Gasteiger partial charge in [-0.2, -0.15) is 0 Å². The Morgan fingerprint density at radius 3 is 1.72 bits per heavy atom. The molecule has 0 bridgehead atoms. The molecule has 29 heavy (non-hydrogen) atoms. The minimum atomic E-state index is -0.840. The van der Waals surface area contributed by atoms with Crippen LogP contribution in [0.5, 0.6) is 0 Å². The van der Waals surface area contributed by atoms with E-state index in [9.17, 15) is 24.3 Å². The number of rotatable bonds is 10. The van der Waals surface area contributed by atoms with Crippen LogP contribution in [0.4, 0.5) is 0 Å². The first-order chi connectivity index (χ1) is 13.7. The highest BCUT2D eigenvalue weighted by Gasteiger charge is 2.30. The van der Waals surface area contributed by atoms with Crippen LogP contribution in [0.1, 0.15) is 105 Å². The molecular formula is C22H42O7. The zero-order valence-electron chi connectivity index (χ0n) is 18.9. The molecule has 0 saturated heterocycles. The quantitative estimate of drug-likeness (QED) is 0.441. The Balaban J connectivity index is -0.000000510. The van der Waals surface area contributed by atoms with Gasteiger partial charge in [-0.3, -0.25) is 19.2 Å². The molecule has 0 aromatic heterocycles. The van der Waals surface area contributed by atoms with Gasteiger partial charge in [-0.05, 0) is 25.7 Å². The summed E-state index contributed by atoms with van der Waals surface area (Å²) in [6, 6.07) is 0. The van der Waals surface area contributed by atoms with Gasteiger partial charge in [0.2, 0.25) is 0 Å². The lowest BCUT2D eigenvalue weighted by Crippen LogP contribution is -2.09. The number of ketones is 2. The smallest absolute Gasteiger partial charge is 0.303 e. The van der Waals surface area contributed by atoms with E-state index in [4.69, 9.17) is 10.2 Å². The van der Waals surface area contributed by atoms with Crippen molar-refractivity contribution in [3.05, 3.63) is 0 Å². The number of aliphatic carboxylic acids is 2. The largest absolute Gasteiger partial charge is 0.481 e. The predicted octanol–water partition coefficient (Wildman–Crippen LogP) is 4.63. The Kier molecular flexibility index (Phi) is 24.8. The van der Waals surface area contributed by atoms with Crippen LogP contribution < -0.4 is 0 Å². The average molecular weight is 419 g/mol. The molecule has 7 heteroatoms. The zero-order valence-corrected chi connectivity index (χ0v) is 18.9. The van der Waals surface area contributed by atoms with E-state index < -0.39 is 18.0 Å². The fourth-order valence-electron chi connectivity index (χ4n) is 2.28. The summed E-state index contributed by atoms with van der Waals surface area (Å²) >= 11 is 0. The van der Waals surface area contributed by atoms with Crippen LogP contribution in [-0.2, 0) is 19.2 Å². The highest BCUT2D eigenvalue weighted by Crippen LogP contribution is 2.26. The number of carboxylic acid groups (broad SMARTS) is 2. The minimum absolute atomic E-state index is 0.0566. The number of hydrogen-bond acceptors (Lipinski definition) is 5. The lowest BCUT2D eigenvalue weighted by Gasteiger charge is -2.06. The standard InChI is InChI=1S/C13H20O5.C4H10.C3H6O2.C2H6/c14-10(3-1-2-4-13(17)18)6-5-9-7-11(15)8-12(9)16;1-3-4-2;1-2-3(4)5;1-2/h9,11,15H,1-8H2,(H,17,18);3-4H2,1-2H3;2H2,1H3,(H,4,5);1-2H3/t9?,11-;;;/m1.../s1. The maximum Gasteiger partial charge on any atom is 0.303 e. The maximum absolute atomic E-state index is 11.5. The SMILES string of the molecule is CC.CCC(=O)O.CCCC.O=C(O)CCCCC(=O)CCC1C[C@@H](O)CC1=O. The number of carbonyl (C=O) groups excluding carboxylic acids is 2. The minimum Gasteiger partial charge on any atom is -0.481 e. The lowest BCUT2D eigenvalue weighted by atomic mass is 9.97. The van der Waals surface area contributed by atoms with Gasteiger partial charge in [0.15, 0.2) is 0 Å². The topological polar surface area (TPSA) is 129 Å². The van der Waals surface area contributed by atoms with Crippen LogP contribution in [0, 0.1) is 5.92 Å². The molecule has 1 rings (SSSR count). The van der Waals surface area contributed by atoms with Crippen LogP contribution in [0.25, 0.3) is 0 Å². The normalized spacial score (nSPS) is 17.0. The van der Waals surface area contributed by atoms with E-state index in [0.29, 0.717) is 38.5 Å². The number of carboxylic acids is 2. The van der Waals surface area contributed by atoms with Gasteiger partial charge in [0.05, 0.1) is 6.10 Å². The first-order valence-electron chi connectivity index (χ1n) is 10.8. The van der Waals surface area contributed by atoms with E-state index in [0.717, 1.165) is 0 Å². The van der Waals surface area contributed by atoms with Gasteiger partial charge >= 0.3 is 11.9 Å². The van der Waals surface area contributed by atoms with Crippen molar-refractivity contribution in [2.45, 2.75) is 111 Å². The van der Waals surface area contributed by atoms with Crippen LogP contribution >= 0.6 is 0 Å². The maximum atomic E-state index is 11.5. The van der Waals surface area contributed by atoms with Gasteiger partial charge in [-0.15, -0.1) is 0 Å². The third-order valence-electron chi connectivity index (χ3n) is 4.12. The second-order valence-electron chi connectivity index (χ2n) is 6.68. The summed E-state index contributed by atoms with van der Waals surface area (Å²) in [7, 11) is 0. The Morgan fingerprint density at radius 1 is 0.897 bits per heavy atom.